The van der Waals surface area contributed by atoms with Crippen LogP contribution in [0.1, 0.15) is 12.5 Å². The van der Waals surface area contributed by atoms with Crippen molar-refractivity contribution in [1.29, 1.82) is 0 Å². The lowest BCUT2D eigenvalue weighted by Crippen LogP contribution is -2.29. The van der Waals surface area contributed by atoms with Crippen LogP contribution in [-0.4, -0.2) is 33.3 Å². The number of hydrogen-bond donors (Lipinski definition) is 1. The minimum atomic E-state index is -0.150. The van der Waals surface area contributed by atoms with Crippen LogP contribution in [0.2, 0.25) is 0 Å². The highest BCUT2D eigenvalue weighted by molar-refractivity contribution is 5.73. The van der Waals surface area contributed by atoms with Crippen molar-refractivity contribution in [3.8, 4) is 5.75 Å². The van der Waals surface area contributed by atoms with Crippen LogP contribution in [0.25, 0.3) is 0 Å². The van der Waals surface area contributed by atoms with Crippen LogP contribution in [0.15, 0.2) is 24.3 Å². The zero-order valence-corrected chi connectivity index (χ0v) is 11.2. The smallest absolute Gasteiger partial charge is 0.310 e. The summed E-state index contributed by atoms with van der Waals surface area (Å²) in [6.07, 6.45) is 0.670. The molecule has 0 saturated carbocycles. The zero-order valence-electron chi connectivity index (χ0n) is 11.2. The second-order valence-corrected chi connectivity index (χ2v) is 4.06. The van der Waals surface area contributed by atoms with Crippen LogP contribution >= 0.6 is 0 Å². The summed E-state index contributed by atoms with van der Waals surface area (Å²) in [5, 5.41) is 3.02. The molecule has 1 N–H and O–H groups in total. The van der Waals surface area contributed by atoms with Gasteiger partial charge in [-0.2, -0.15) is 0 Å². The molecule has 0 aliphatic carbocycles. The van der Waals surface area contributed by atoms with Gasteiger partial charge in [0.2, 0.25) is 0 Å². The van der Waals surface area contributed by atoms with E-state index < -0.39 is 0 Å². The van der Waals surface area contributed by atoms with E-state index >= 15 is 0 Å². The topological polar surface area (TPSA) is 47.6 Å². The predicted molar refractivity (Wildman–Crippen MR) is 70.7 cm³/mol. The molecule has 0 saturated heterocycles. The average Bonchev–Trinajstić information content (AvgIpc) is 2.39. The van der Waals surface area contributed by atoms with Crippen LogP contribution in [0.3, 0.4) is 0 Å². The molecule has 0 unspecified atom stereocenters. The van der Waals surface area contributed by atoms with Crippen molar-refractivity contribution in [1.82, 2.24) is 5.32 Å². The van der Waals surface area contributed by atoms with Gasteiger partial charge in [0.15, 0.2) is 0 Å². The largest absolute Gasteiger partial charge is 0.497 e. The van der Waals surface area contributed by atoms with E-state index in [1.54, 1.807) is 7.11 Å². The average molecular weight is 251 g/mol. The normalized spacial score (nSPS) is 11.9. The minimum absolute atomic E-state index is 0.150. The Kier molecular flexibility index (Phi) is 6.22. The first-order valence-electron chi connectivity index (χ1n) is 6.15. The first-order chi connectivity index (χ1) is 8.71. The first kappa shape index (κ1) is 14.5. The third-order valence-electron chi connectivity index (χ3n) is 2.71. The predicted octanol–water partition coefficient (Wildman–Crippen LogP) is 1.64. The Bertz CT molecular complexity index is 362. The van der Waals surface area contributed by atoms with Gasteiger partial charge in [0.05, 0.1) is 19.6 Å². The third kappa shape index (κ3) is 4.37. The molecule has 4 heteroatoms. The summed E-state index contributed by atoms with van der Waals surface area (Å²) >= 11 is 0. The van der Waals surface area contributed by atoms with E-state index in [2.05, 4.69) is 5.32 Å². The number of ether oxygens (including phenoxy) is 2. The second-order valence-electron chi connectivity index (χ2n) is 4.06. The van der Waals surface area contributed by atoms with Crippen molar-refractivity contribution in [2.45, 2.75) is 13.3 Å². The van der Waals surface area contributed by atoms with Gasteiger partial charge in [-0.1, -0.05) is 12.1 Å². The monoisotopic (exact) mass is 251 g/mol. The van der Waals surface area contributed by atoms with Crippen LogP contribution in [0, 0.1) is 5.92 Å². The lowest BCUT2D eigenvalue weighted by atomic mass is 9.99. The number of benzene rings is 1. The van der Waals surface area contributed by atoms with E-state index in [1.807, 2.05) is 38.2 Å². The number of rotatable bonds is 7. The van der Waals surface area contributed by atoms with Crippen molar-refractivity contribution in [3.63, 3.8) is 0 Å². The highest BCUT2D eigenvalue weighted by Crippen LogP contribution is 2.15. The Morgan fingerprint density at radius 2 is 2.00 bits per heavy atom. The molecule has 0 aliphatic heterocycles. The van der Waals surface area contributed by atoms with Gasteiger partial charge in [-0.3, -0.25) is 4.79 Å². The second kappa shape index (κ2) is 7.71. The van der Waals surface area contributed by atoms with Crippen LogP contribution in [0.4, 0.5) is 0 Å². The van der Waals surface area contributed by atoms with E-state index in [0.29, 0.717) is 19.6 Å². The number of esters is 1. The van der Waals surface area contributed by atoms with E-state index in [1.165, 1.54) is 0 Å². The minimum Gasteiger partial charge on any atom is -0.497 e. The molecule has 1 atom stereocenters. The summed E-state index contributed by atoms with van der Waals surface area (Å²) in [6.45, 7) is 2.86. The van der Waals surface area contributed by atoms with E-state index in [9.17, 15) is 4.79 Å². The third-order valence-corrected chi connectivity index (χ3v) is 2.71. The van der Waals surface area contributed by atoms with Gasteiger partial charge >= 0.3 is 5.97 Å². The fourth-order valence-electron chi connectivity index (χ4n) is 1.79. The summed E-state index contributed by atoms with van der Waals surface area (Å²) in [4.78, 5) is 11.8. The highest BCUT2D eigenvalue weighted by atomic mass is 16.5. The van der Waals surface area contributed by atoms with Crippen molar-refractivity contribution in [2.24, 2.45) is 5.92 Å². The van der Waals surface area contributed by atoms with Crippen molar-refractivity contribution in [2.75, 3.05) is 27.3 Å². The maximum absolute atomic E-state index is 11.8. The summed E-state index contributed by atoms with van der Waals surface area (Å²) < 4.78 is 10.2. The van der Waals surface area contributed by atoms with Gasteiger partial charge in [-0.25, -0.2) is 0 Å². The Morgan fingerprint density at radius 3 is 2.50 bits per heavy atom. The summed E-state index contributed by atoms with van der Waals surface area (Å²) in [5.74, 6) is 0.520. The van der Waals surface area contributed by atoms with Crippen molar-refractivity contribution in [3.05, 3.63) is 29.8 Å². The molecule has 0 heterocycles. The molecule has 100 valence electrons. The first-order valence-corrected chi connectivity index (χ1v) is 6.15. The molecule has 0 fully saturated rings. The van der Waals surface area contributed by atoms with Crippen LogP contribution in [-0.2, 0) is 16.0 Å². The quantitative estimate of drug-likeness (QED) is 0.748. The zero-order chi connectivity index (χ0) is 13.4. The highest BCUT2D eigenvalue weighted by Gasteiger charge is 2.19. The molecular formula is C14H21NO3. The van der Waals surface area contributed by atoms with Gasteiger partial charge in [0.1, 0.15) is 5.75 Å². The molecule has 1 aromatic carbocycles. The van der Waals surface area contributed by atoms with Gasteiger partial charge in [-0.15, -0.1) is 0 Å². The molecule has 0 bridgehead atoms. The number of methoxy groups -OCH3 is 1. The Balaban J connectivity index is 2.66. The van der Waals surface area contributed by atoms with E-state index in [0.717, 1.165) is 11.3 Å². The number of hydrogen-bond acceptors (Lipinski definition) is 4. The molecule has 0 amide bonds. The Labute approximate surface area is 108 Å². The SMILES string of the molecule is CCOC(=O)[C@H](CNC)Cc1ccc(OC)cc1. The maximum atomic E-state index is 11.8. The molecule has 0 radical (unpaired) electrons. The molecule has 1 rings (SSSR count). The standard InChI is InChI=1S/C14H21NO3/c1-4-18-14(16)12(10-15-2)9-11-5-7-13(17-3)8-6-11/h5-8,12,15H,4,9-10H2,1-3H3/t12-/m0/s1. The lowest BCUT2D eigenvalue weighted by Gasteiger charge is -2.15. The molecule has 18 heavy (non-hydrogen) atoms. The lowest BCUT2D eigenvalue weighted by molar-refractivity contribution is -0.147. The summed E-state index contributed by atoms with van der Waals surface area (Å²) in [6, 6.07) is 7.75. The molecule has 1 aromatic rings. The van der Waals surface area contributed by atoms with Gasteiger partial charge in [0, 0.05) is 6.54 Å². The molecule has 4 nitrogen and oxygen atoms in total. The number of nitrogens with one attached hydrogen (secondary N) is 1. The Hall–Kier alpha value is -1.55. The van der Waals surface area contributed by atoms with Crippen molar-refractivity contribution < 1.29 is 14.3 Å². The van der Waals surface area contributed by atoms with E-state index in [4.69, 9.17) is 9.47 Å². The number of carbonyl (C=O) groups is 1. The number of carbonyl (C=O) groups excluding carboxylic acids is 1. The van der Waals surface area contributed by atoms with Crippen LogP contribution < -0.4 is 10.1 Å². The van der Waals surface area contributed by atoms with Gasteiger partial charge < -0.3 is 14.8 Å². The van der Waals surface area contributed by atoms with Crippen molar-refractivity contribution >= 4 is 5.97 Å². The molecule has 0 spiro atoms. The molecule has 0 aliphatic rings. The van der Waals surface area contributed by atoms with E-state index in [-0.39, 0.29) is 11.9 Å². The summed E-state index contributed by atoms with van der Waals surface area (Å²) in [7, 11) is 3.47. The fraction of sp³-hybridized carbons (Fsp3) is 0.500. The van der Waals surface area contributed by atoms with Gasteiger partial charge in [-0.05, 0) is 38.1 Å². The Morgan fingerprint density at radius 1 is 1.33 bits per heavy atom. The molecule has 0 aromatic heterocycles. The maximum Gasteiger partial charge on any atom is 0.310 e. The van der Waals surface area contributed by atoms with Gasteiger partial charge in [0.25, 0.3) is 0 Å². The fourth-order valence-corrected chi connectivity index (χ4v) is 1.79. The summed E-state index contributed by atoms with van der Waals surface area (Å²) in [5.41, 5.74) is 1.10. The van der Waals surface area contributed by atoms with Crippen LogP contribution in [0.5, 0.6) is 5.75 Å². The molecular weight excluding hydrogens is 230 g/mol.